The van der Waals surface area contributed by atoms with Gasteiger partial charge in [0.05, 0.1) is 0 Å². The van der Waals surface area contributed by atoms with Crippen LogP contribution in [0, 0.1) is 5.82 Å². The van der Waals surface area contributed by atoms with Crippen molar-refractivity contribution in [3.05, 3.63) is 65.5 Å². The van der Waals surface area contributed by atoms with Crippen LogP contribution in [0.25, 0.3) is 0 Å². The van der Waals surface area contributed by atoms with Gasteiger partial charge in [0.2, 0.25) is 0 Å². The molecule has 0 saturated heterocycles. The molecule has 0 aromatic heterocycles. The number of hydrogen-bond donors (Lipinski definition) is 2. The molecule has 0 unspecified atom stereocenters. The summed E-state index contributed by atoms with van der Waals surface area (Å²) in [6.07, 6.45) is 0.610. The SMILES string of the molecule is CCNc1ccc(C(=O)NCCc2cccc(F)c2)cc1. The van der Waals surface area contributed by atoms with Crippen molar-refractivity contribution in [2.75, 3.05) is 18.4 Å². The summed E-state index contributed by atoms with van der Waals surface area (Å²) in [5, 5.41) is 6.01. The molecule has 1 amide bonds. The molecule has 0 fully saturated rings. The van der Waals surface area contributed by atoms with Gasteiger partial charge in [-0.15, -0.1) is 0 Å². The van der Waals surface area contributed by atoms with Crippen molar-refractivity contribution in [2.45, 2.75) is 13.3 Å². The van der Waals surface area contributed by atoms with E-state index in [4.69, 9.17) is 0 Å². The first-order valence-electron chi connectivity index (χ1n) is 7.05. The Morgan fingerprint density at radius 3 is 2.57 bits per heavy atom. The highest BCUT2D eigenvalue weighted by Gasteiger charge is 2.04. The summed E-state index contributed by atoms with van der Waals surface area (Å²) in [5.41, 5.74) is 2.49. The molecule has 2 N–H and O–H groups in total. The van der Waals surface area contributed by atoms with Gasteiger partial charge in [-0.25, -0.2) is 4.39 Å². The van der Waals surface area contributed by atoms with Crippen molar-refractivity contribution in [3.63, 3.8) is 0 Å². The van der Waals surface area contributed by atoms with E-state index in [0.717, 1.165) is 17.8 Å². The van der Waals surface area contributed by atoms with E-state index in [1.165, 1.54) is 12.1 Å². The van der Waals surface area contributed by atoms with Gasteiger partial charge < -0.3 is 10.6 Å². The van der Waals surface area contributed by atoms with Gasteiger partial charge in [0.15, 0.2) is 0 Å². The second-order valence-electron chi connectivity index (χ2n) is 4.74. The summed E-state index contributed by atoms with van der Waals surface area (Å²) in [7, 11) is 0. The zero-order valence-corrected chi connectivity index (χ0v) is 12.0. The smallest absolute Gasteiger partial charge is 0.251 e. The standard InChI is InChI=1S/C17H19FN2O/c1-2-19-16-8-6-14(7-9-16)17(21)20-11-10-13-4-3-5-15(18)12-13/h3-9,12,19H,2,10-11H2,1H3,(H,20,21). The normalized spacial score (nSPS) is 10.2. The van der Waals surface area contributed by atoms with E-state index in [2.05, 4.69) is 10.6 Å². The van der Waals surface area contributed by atoms with Crippen molar-refractivity contribution < 1.29 is 9.18 Å². The molecule has 0 radical (unpaired) electrons. The molecule has 110 valence electrons. The van der Waals surface area contributed by atoms with Crippen LogP contribution in [0.15, 0.2) is 48.5 Å². The summed E-state index contributed by atoms with van der Waals surface area (Å²) in [6.45, 7) is 3.35. The largest absolute Gasteiger partial charge is 0.385 e. The number of benzene rings is 2. The van der Waals surface area contributed by atoms with Crippen LogP contribution in [0.5, 0.6) is 0 Å². The summed E-state index contributed by atoms with van der Waals surface area (Å²) >= 11 is 0. The van der Waals surface area contributed by atoms with Crippen LogP contribution >= 0.6 is 0 Å². The van der Waals surface area contributed by atoms with Crippen LogP contribution in [-0.4, -0.2) is 19.0 Å². The Kier molecular flexibility index (Phi) is 5.32. The molecule has 0 heterocycles. The fourth-order valence-electron chi connectivity index (χ4n) is 2.06. The number of nitrogens with one attached hydrogen (secondary N) is 2. The number of halogens is 1. The van der Waals surface area contributed by atoms with Crippen LogP contribution < -0.4 is 10.6 Å². The molecule has 0 bridgehead atoms. The van der Waals surface area contributed by atoms with E-state index >= 15 is 0 Å². The third-order valence-corrected chi connectivity index (χ3v) is 3.12. The predicted molar refractivity (Wildman–Crippen MR) is 83.0 cm³/mol. The van der Waals surface area contributed by atoms with Crippen molar-refractivity contribution in [1.82, 2.24) is 5.32 Å². The number of rotatable bonds is 6. The Hall–Kier alpha value is -2.36. The molecule has 2 aromatic rings. The van der Waals surface area contributed by atoms with Gasteiger partial charge in [0.25, 0.3) is 5.91 Å². The lowest BCUT2D eigenvalue weighted by molar-refractivity contribution is 0.0954. The molecule has 0 spiro atoms. The van der Waals surface area contributed by atoms with Gasteiger partial charge in [-0.1, -0.05) is 12.1 Å². The first-order valence-corrected chi connectivity index (χ1v) is 7.05. The van der Waals surface area contributed by atoms with E-state index in [1.807, 2.05) is 25.1 Å². The van der Waals surface area contributed by atoms with Crippen LogP contribution in [-0.2, 0) is 6.42 Å². The number of hydrogen-bond acceptors (Lipinski definition) is 2. The van der Waals surface area contributed by atoms with Crippen molar-refractivity contribution in [3.8, 4) is 0 Å². The lowest BCUT2D eigenvalue weighted by Crippen LogP contribution is -2.25. The molecule has 4 heteroatoms. The van der Waals surface area contributed by atoms with E-state index < -0.39 is 0 Å². The first kappa shape index (κ1) is 15.0. The van der Waals surface area contributed by atoms with Crippen LogP contribution in [0.4, 0.5) is 10.1 Å². The second kappa shape index (κ2) is 7.43. The average Bonchev–Trinajstić information content (AvgIpc) is 2.48. The zero-order chi connectivity index (χ0) is 15.1. The zero-order valence-electron chi connectivity index (χ0n) is 12.0. The minimum atomic E-state index is -0.252. The van der Waals surface area contributed by atoms with Crippen LogP contribution in [0.3, 0.4) is 0 Å². The quantitative estimate of drug-likeness (QED) is 0.856. The summed E-state index contributed by atoms with van der Waals surface area (Å²) < 4.78 is 13.0. The third-order valence-electron chi connectivity index (χ3n) is 3.12. The Balaban J connectivity index is 1.84. The van der Waals surface area contributed by atoms with Gasteiger partial charge in [-0.2, -0.15) is 0 Å². The topological polar surface area (TPSA) is 41.1 Å². The highest BCUT2D eigenvalue weighted by atomic mass is 19.1. The van der Waals surface area contributed by atoms with Crippen molar-refractivity contribution in [2.24, 2.45) is 0 Å². The maximum Gasteiger partial charge on any atom is 0.251 e. The highest BCUT2D eigenvalue weighted by molar-refractivity contribution is 5.94. The third kappa shape index (κ3) is 4.60. The Bertz CT molecular complexity index is 596. The monoisotopic (exact) mass is 286 g/mol. The van der Waals surface area contributed by atoms with E-state index in [0.29, 0.717) is 18.5 Å². The van der Waals surface area contributed by atoms with Crippen LogP contribution in [0.1, 0.15) is 22.8 Å². The Morgan fingerprint density at radius 2 is 1.90 bits per heavy atom. The molecule has 2 aromatic carbocycles. The fraction of sp³-hybridized carbons (Fsp3) is 0.235. The number of carbonyl (C=O) groups excluding carboxylic acids is 1. The second-order valence-corrected chi connectivity index (χ2v) is 4.74. The van der Waals surface area contributed by atoms with Gasteiger partial charge in [-0.3, -0.25) is 4.79 Å². The Morgan fingerprint density at radius 1 is 1.14 bits per heavy atom. The van der Waals surface area contributed by atoms with Crippen molar-refractivity contribution >= 4 is 11.6 Å². The van der Waals surface area contributed by atoms with Crippen molar-refractivity contribution in [1.29, 1.82) is 0 Å². The number of carbonyl (C=O) groups is 1. The summed E-state index contributed by atoms with van der Waals surface area (Å²) in [6, 6.07) is 13.7. The number of anilines is 1. The molecule has 0 saturated carbocycles. The fourth-order valence-corrected chi connectivity index (χ4v) is 2.06. The predicted octanol–water partition coefficient (Wildman–Crippen LogP) is 3.23. The summed E-state index contributed by atoms with van der Waals surface area (Å²) in [4.78, 5) is 12.0. The molecule has 2 rings (SSSR count). The minimum Gasteiger partial charge on any atom is -0.385 e. The Labute approximate surface area is 124 Å². The molecule has 0 atom stereocenters. The molecule has 0 aliphatic carbocycles. The molecule has 21 heavy (non-hydrogen) atoms. The van der Waals surface area contributed by atoms with E-state index in [9.17, 15) is 9.18 Å². The summed E-state index contributed by atoms with van der Waals surface area (Å²) in [5.74, 6) is -0.368. The van der Waals surface area contributed by atoms with Gasteiger partial charge in [0.1, 0.15) is 5.82 Å². The maximum absolute atomic E-state index is 13.0. The van der Waals surface area contributed by atoms with Gasteiger partial charge >= 0.3 is 0 Å². The van der Waals surface area contributed by atoms with E-state index in [-0.39, 0.29) is 11.7 Å². The van der Waals surface area contributed by atoms with E-state index in [1.54, 1.807) is 18.2 Å². The molecular formula is C17H19FN2O. The molecule has 0 aliphatic rings. The molecule has 3 nitrogen and oxygen atoms in total. The lowest BCUT2D eigenvalue weighted by Gasteiger charge is -2.07. The van der Waals surface area contributed by atoms with Gasteiger partial charge in [0, 0.05) is 24.3 Å². The van der Waals surface area contributed by atoms with Crippen LogP contribution in [0.2, 0.25) is 0 Å². The van der Waals surface area contributed by atoms with Gasteiger partial charge in [-0.05, 0) is 55.3 Å². The highest BCUT2D eigenvalue weighted by Crippen LogP contribution is 2.09. The number of amides is 1. The lowest BCUT2D eigenvalue weighted by atomic mass is 10.1. The average molecular weight is 286 g/mol. The maximum atomic E-state index is 13.0. The molecule has 0 aliphatic heterocycles. The first-order chi connectivity index (χ1) is 10.2. The minimum absolute atomic E-state index is 0.116. The molecular weight excluding hydrogens is 267 g/mol.